The molecular weight excluding hydrogens is 310 g/mol. The SMILES string of the molecule is CC(C)OC(=O)[C@H](COCc1ccccc1)NC(=O)OC(C)(C)C. The van der Waals surface area contributed by atoms with Crippen molar-refractivity contribution in [3.63, 3.8) is 0 Å². The van der Waals surface area contributed by atoms with Gasteiger partial charge in [-0.05, 0) is 40.2 Å². The zero-order chi connectivity index (χ0) is 18.2. The highest BCUT2D eigenvalue weighted by atomic mass is 16.6. The minimum atomic E-state index is -0.925. The van der Waals surface area contributed by atoms with Crippen LogP contribution in [0.2, 0.25) is 0 Å². The zero-order valence-corrected chi connectivity index (χ0v) is 15.0. The van der Waals surface area contributed by atoms with Crippen molar-refractivity contribution in [3.8, 4) is 0 Å². The number of amides is 1. The van der Waals surface area contributed by atoms with Crippen LogP contribution in [0.5, 0.6) is 0 Å². The summed E-state index contributed by atoms with van der Waals surface area (Å²) in [6, 6.07) is 8.64. The number of nitrogens with one attached hydrogen (secondary N) is 1. The van der Waals surface area contributed by atoms with Gasteiger partial charge in [-0.2, -0.15) is 0 Å². The first kappa shape index (κ1) is 20.0. The normalized spacial score (nSPS) is 12.6. The highest BCUT2D eigenvalue weighted by Gasteiger charge is 2.26. The Bertz CT molecular complexity index is 522. The lowest BCUT2D eigenvalue weighted by molar-refractivity contribution is -0.151. The Balaban J connectivity index is 2.60. The van der Waals surface area contributed by atoms with Gasteiger partial charge in [-0.15, -0.1) is 0 Å². The molecule has 0 heterocycles. The topological polar surface area (TPSA) is 73.9 Å². The highest BCUT2D eigenvalue weighted by molar-refractivity contribution is 5.81. The van der Waals surface area contributed by atoms with Crippen LogP contribution in [0.4, 0.5) is 4.79 Å². The van der Waals surface area contributed by atoms with Gasteiger partial charge in [-0.25, -0.2) is 9.59 Å². The maximum absolute atomic E-state index is 12.1. The van der Waals surface area contributed by atoms with Crippen LogP contribution in [0.15, 0.2) is 30.3 Å². The van der Waals surface area contributed by atoms with E-state index >= 15 is 0 Å². The summed E-state index contributed by atoms with van der Waals surface area (Å²) in [5.74, 6) is -0.552. The Kier molecular flexibility index (Phi) is 7.71. The zero-order valence-electron chi connectivity index (χ0n) is 15.0. The number of hydrogen-bond acceptors (Lipinski definition) is 5. The minimum Gasteiger partial charge on any atom is -0.461 e. The van der Waals surface area contributed by atoms with Gasteiger partial charge in [0, 0.05) is 0 Å². The molecule has 1 aromatic carbocycles. The largest absolute Gasteiger partial charge is 0.461 e. The van der Waals surface area contributed by atoms with E-state index in [-0.39, 0.29) is 12.7 Å². The fourth-order valence-corrected chi connectivity index (χ4v) is 1.80. The van der Waals surface area contributed by atoms with E-state index in [1.54, 1.807) is 34.6 Å². The molecule has 0 radical (unpaired) electrons. The van der Waals surface area contributed by atoms with Gasteiger partial charge in [0.05, 0.1) is 19.3 Å². The molecule has 0 aromatic heterocycles. The third-order valence-electron chi connectivity index (χ3n) is 2.72. The molecule has 1 amide bonds. The smallest absolute Gasteiger partial charge is 0.408 e. The Hall–Kier alpha value is -2.08. The number of esters is 1. The van der Waals surface area contributed by atoms with E-state index in [2.05, 4.69) is 5.32 Å². The standard InChI is InChI=1S/C18H27NO5/c1-13(2)23-16(20)15(19-17(21)24-18(3,4)5)12-22-11-14-9-7-6-8-10-14/h6-10,13,15H,11-12H2,1-5H3,(H,19,21)/t15-/m0/s1. The number of ether oxygens (including phenoxy) is 3. The molecule has 0 fully saturated rings. The van der Waals surface area contributed by atoms with Gasteiger partial charge in [-0.3, -0.25) is 0 Å². The molecule has 0 aliphatic heterocycles. The molecule has 0 spiro atoms. The summed E-state index contributed by atoms with van der Waals surface area (Å²) in [6.07, 6.45) is -0.967. The molecule has 1 rings (SSSR count). The molecule has 1 aromatic rings. The second kappa shape index (κ2) is 9.27. The molecule has 6 heteroatoms. The van der Waals surface area contributed by atoms with Crippen molar-refractivity contribution >= 4 is 12.1 Å². The molecule has 1 atom stereocenters. The maximum atomic E-state index is 12.1. The van der Waals surface area contributed by atoms with E-state index in [0.29, 0.717) is 6.61 Å². The van der Waals surface area contributed by atoms with Crippen LogP contribution in [-0.2, 0) is 25.6 Å². The first-order chi connectivity index (χ1) is 11.2. The van der Waals surface area contributed by atoms with Crippen LogP contribution in [0.25, 0.3) is 0 Å². The maximum Gasteiger partial charge on any atom is 0.408 e. The number of rotatable bonds is 7. The molecule has 0 bridgehead atoms. The van der Waals surface area contributed by atoms with Gasteiger partial charge in [-0.1, -0.05) is 30.3 Å². The Labute approximate surface area is 143 Å². The molecule has 6 nitrogen and oxygen atoms in total. The summed E-state index contributed by atoms with van der Waals surface area (Å²) >= 11 is 0. The van der Waals surface area contributed by atoms with Crippen molar-refractivity contribution in [1.29, 1.82) is 0 Å². The minimum absolute atomic E-state index is 0.000307. The summed E-state index contributed by atoms with van der Waals surface area (Å²) in [5.41, 5.74) is 0.326. The van der Waals surface area contributed by atoms with E-state index < -0.39 is 23.7 Å². The third-order valence-corrected chi connectivity index (χ3v) is 2.72. The molecule has 134 valence electrons. The number of carbonyl (C=O) groups excluding carboxylic acids is 2. The average Bonchev–Trinajstić information content (AvgIpc) is 2.44. The summed E-state index contributed by atoms with van der Waals surface area (Å²) in [7, 11) is 0. The molecule has 0 saturated heterocycles. The highest BCUT2D eigenvalue weighted by Crippen LogP contribution is 2.08. The number of benzene rings is 1. The predicted octanol–water partition coefficient (Wildman–Crippen LogP) is 3.05. The van der Waals surface area contributed by atoms with Crippen LogP contribution < -0.4 is 5.32 Å². The molecule has 0 saturated carbocycles. The van der Waals surface area contributed by atoms with Crippen molar-refractivity contribution in [2.24, 2.45) is 0 Å². The van der Waals surface area contributed by atoms with Gasteiger partial charge in [0.15, 0.2) is 6.04 Å². The second-order valence-electron chi connectivity index (χ2n) is 6.69. The summed E-state index contributed by atoms with van der Waals surface area (Å²) < 4.78 is 15.9. The number of carbonyl (C=O) groups is 2. The molecule has 0 aliphatic rings. The number of hydrogen-bond donors (Lipinski definition) is 1. The van der Waals surface area contributed by atoms with E-state index in [0.717, 1.165) is 5.56 Å². The summed E-state index contributed by atoms with van der Waals surface area (Å²) in [6.45, 7) is 9.07. The lowest BCUT2D eigenvalue weighted by Crippen LogP contribution is -2.47. The molecular formula is C18H27NO5. The molecule has 0 unspecified atom stereocenters. The monoisotopic (exact) mass is 337 g/mol. The van der Waals surface area contributed by atoms with E-state index in [1.807, 2.05) is 30.3 Å². The summed E-state index contributed by atoms with van der Waals surface area (Å²) in [5, 5.41) is 2.50. The molecule has 1 N–H and O–H groups in total. The van der Waals surface area contributed by atoms with Crippen LogP contribution in [0, 0.1) is 0 Å². The Morgan fingerprint density at radius 2 is 1.75 bits per heavy atom. The molecule has 24 heavy (non-hydrogen) atoms. The van der Waals surface area contributed by atoms with E-state index in [1.165, 1.54) is 0 Å². The Morgan fingerprint density at radius 3 is 2.29 bits per heavy atom. The Morgan fingerprint density at radius 1 is 1.12 bits per heavy atom. The van der Waals surface area contributed by atoms with E-state index in [9.17, 15) is 9.59 Å². The van der Waals surface area contributed by atoms with Crippen LogP contribution in [0.1, 0.15) is 40.2 Å². The fourth-order valence-electron chi connectivity index (χ4n) is 1.80. The lowest BCUT2D eigenvalue weighted by Gasteiger charge is -2.23. The quantitative estimate of drug-likeness (QED) is 0.774. The van der Waals surface area contributed by atoms with Crippen molar-refractivity contribution in [2.45, 2.75) is 59.0 Å². The first-order valence-corrected chi connectivity index (χ1v) is 7.99. The van der Waals surface area contributed by atoms with Crippen molar-refractivity contribution in [2.75, 3.05) is 6.61 Å². The van der Waals surface area contributed by atoms with Gasteiger partial charge >= 0.3 is 12.1 Å². The van der Waals surface area contributed by atoms with Gasteiger partial charge in [0.2, 0.25) is 0 Å². The van der Waals surface area contributed by atoms with Crippen LogP contribution >= 0.6 is 0 Å². The van der Waals surface area contributed by atoms with Gasteiger partial charge in [0.1, 0.15) is 5.60 Å². The van der Waals surface area contributed by atoms with Gasteiger partial charge in [0.25, 0.3) is 0 Å². The lowest BCUT2D eigenvalue weighted by atomic mass is 10.2. The molecule has 0 aliphatic carbocycles. The average molecular weight is 337 g/mol. The van der Waals surface area contributed by atoms with Gasteiger partial charge < -0.3 is 19.5 Å². The summed E-state index contributed by atoms with van der Waals surface area (Å²) in [4.78, 5) is 24.0. The fraction of sp³-hybridized carbons (Fsp3) is 0.556. The van der Waals surface area contributed by atoms with Crippen LogP contribution in [0.3, 0.4) is 0 Å². The predicted molar refractivity (Wildman–Crippen MR) is 90.5 cm³/mol. The van der Waals surface area contributed by atoms with Crippen molar-refractivity contribution in [3.05, 3.63) is 35.9 Å². The van der Waals surface area contributed by atoms with E-state index in [4.69, 9.17) is 14.2 Å². The van der Waals surface area contributed by atoms with Crippen molar-refractivity contribution < 1.29 is 23.8 Å². The van der Waals surface area contributed by atoms with Crippen LogP contribution in [-0.4, -0.2) is 36.4 Å². The number of alkyl carbamates (subject to hydrolysis) is 1. The first-order valence-electron chi connectivity index (χ1n) is 7.99. The van der Waals surface area contributed by atoms with Crippen molar-refractivity contribution in [1.82, 2.24) is 5.32 Å². The third kappa shape index (κ3) is 8.53. The second-order valence-corrected chi connectivity index (χ2v) is 6.69.